The molecule has 0 spiro atoms. The smallest absolute Gasteiger partial charge is 0.362 e. The standard InChI is InChI=1S/C14H13BrN2O3/c1-3-9-8-10(15)4-5-11(9)17-7-6-12(18)13(16-17)14(19)20-2/h4-8H,3H2,1-2H3. The molecule has 0 N–H and O–H groups in total. The molecule has 0 amide bonds. The number of aromatic nitrogens is 2. The number of ether oxygens (including phenoxy) is 1. The summed E-state index contributed by atoms with van der Waals surface area (Å²) in [6.07, 6.45) is 2.34. The number of nitrogens with zero attached hydrogens (tertiary/aromatic N) is 2. The summed E-state index contributed by atoms with van der Waals surface area (Å²) >= 11 is 3.42. The minimum absolute atomic E-state index is 0.222. The van der Waals surface area contributed by atoms with Crippen molar-refractivity contribution in [2.75, 3.05) is 7.11 Å². The van der Waals surface area contributed by atoms with Crippen LogP contribution in [0.2, 0.25) is 0 Å². The third kappa shape index (κ3) is 2.80. The zero-order valence-corrected chi connectivity index (χ0v) is 12.7. The average molecular weight is 337 g/mol. The molecule has 104 valence electrons. The quantitative estimate of drug-likeness (QED) is 0.807. The largest absolute Gasteiger partial charge is 0.464 e. The first-order valence-electron chi connectivity index (χ1n) is 6.04. The minimum atomic E-state index is -0.737. The summed E-state index contributed by atoms with van der Waals surface area (Å²) in [5.41, 5.74) is 1.19. The van der Waals surface area contributed by atoms with Crippen LogP contribution in [0.3, 0.4) is 0 Å². The summed E-state index contributed by atoms with van der Waals surface area (Å²) in [5.74, 6) is -0.737. The molecule has 0 saturated heterocycles. The van der Waals surface area contributed by atoms with Crippen LogP contribution < -0.4 is 5.43 Å². The maximum absolute atomic E-state index is 11.6. The minimum Gasteiger partial charge on any atom is -0.464 e. The normalized spacial score (nSPS) is 10.3. The Kier molecular flexibility index (Phi) is 4.34. The molecule has 0 bridgehead atoms. The zero-order valence-electron chi connectivity index (χ0n) is 11.1. The van der Waals surface area contributed by atoms with Gasteiger partial charge in [0.15, 0.2) is 0 Å². The van der Waals surface area contributed by atoms with E-state index < -0.39 is 11.4 Å². The van der Waals surface area contributed by atoms with Gasteiger partial charge in [-0.1, -0.05) is 22.9 Å². The zero-order chi connectivity index (χ0) is 14.7. The highest BCUT2D eigenvalue weighted by Gasteiger charge is 2.14. The molecular weight excluding hydrogens is 324 g/mol. The molecular formula is C14H13BrN2O3. The van der Waals surface area contributed by atoms with Crippen LogP contribution in [0.4, 0.5) is 0 Å². The summed E-state index contributed by atoms with van der Waals surface area (Å²) in [6.45, 7) is 2.02. The lowest BCUT2D eigenvalue weighted by molar-refractivity contribution is 0.0590. The van der Waals surface area contributed by atoms with E-state index in [2.05, 4.69) is 25.8 Å². The van der Waals surface area contributed by atoms with Crippen molar-refractivity contribution < 1.29 is 9.53 Å². The van der Waals surface area contributed by atoms with Crippen molar-refractivity contribution in [2.24, 2.45) is 0 Å². The van der Waals surface area contributed by atoms with Crippen LogP contribution in [-0.2, 0) is 11.2 Å². The van der Waals surface area contributed by atoms with E-state index in [-0.39, 0.29) is 5.69 Å². The molecule has 0 radical (unpaired) electrons. The molecule has 2 rings (SSSR count). The van der Waals surface area contributed by atoms with Crippen molar-refractivity contribution in [3.05, 3.63) is 56.4 Å². The van der Waals surface area contributed by atoms with Gasteiger partial charge in [0.1, 0.15) is 0 Å². The summed E-state index contributed by atoms with van der Waals surface area (Å²) in [5, 5.41) is 4.07. The van der Waals surface area contributed by atoms with Gasteiger partial charge in [0.05, 0.1) is 12.8 Å². The van der Waals surface area contributed by atoms with E-state index in [1.54, 1.807) is 0 Å². The Morgan fingerprint density at radius 3 is 2.80 bits per heavy atom. The van der Waals surface area contributed by atoms with Crippen molar-refractivity contribution in [3.63, 3.8) is 0 Å². The van der Waals surface area contributed by atoms with E-state index in [0.29, 0.717) is 0 Å². The summed E-state index contributed by atoms with van der Waals surface area (Å²) in [7, 11) is 1.22. The Bertz CT molecular complexity index is 710. The molecule has 0 atom stereocenters. The highest BCUT2D eigenvalue weighted by molar-refractivity contribution is 9.10. The second kappa shape index (κ2) is 6.00. The van der Waals surface area contributed by atoms with Gasteiger partial charge in [-0.05, 0) is 30.2 Å². The predicted octanol–water partition coefficient (Wildman–Crippen LogP) is 2.34. The van der Waals surface area contributed by atoms with E-state index in [1.807, 2.05) is 25.1 Å². The first-order valence-corrected chi connectivity index (χ1v) is 6.83. The van der Waals surface area contributed by atoms with Crippen LogP contribution in [0.15, 0.2) is 39.7 Å². The third-order valence-electron chi connectivity index (χ3n) is 2.86. The van der Waals surface area contributed by atoms with Crippen molar-refractivity contribution in [1.29, 1.82) is 0 Å². The molecule has 0 aliphatic rings. The van der Waals surface area contributed by atoms with Gasteiger partial charge in [0.2, 0.25) is 11.1 Å². The number of esters is 1. The van der Waals surface area contributed by atoms with Crippen LogP contribution in [0, 0.1) is 0 Å². The van der Waals surface area contributed by atoms with Crippen LogP contribution in [-0.4, -0.2) is 22.9 Å². The van der Waals surface area contributed by atoms with Gasteiger partial charge < -0.3 is 4.74 Å². The van der Waals surface area contributed by atoms with E-state index >= 15 is 0 Å². The topological polar surface area (TPSA) is 61.2 Å². The van der Waals surface area contributed by atoms with Gasteiger partial charge in [-0.25, -0.2) is 9.48 Å². The van der Waals surface area contributed by atoms with Gasteiger partial charge in [-0.3, -0.25) is 4.79 Å². The lowest BCUT2D eigenvalue weighted by Crippen LogP contribution is -2.21. The molecule has 2 aromatic rings. The number of carbonyl (C=O) groups excluding carboxylic acids is 1. The molecule has 6 heteroatoms. The van der Waals surface area contributed by atoms with Gasteiger partial charge in [0.25, 0.3) is 0 Å². The Labute approximate surface area is 124 Å². The summed E-state index contributed by atoms with van der Waals surface area (Å²) < 4.78 is 7.04. The lowest BCUT2D eigenvalue weighted by atomic mass is 10.1. The predicted molar refractivity (Wildman–Crippen MR) is 78.3 cm³/mol. The monoisotopic (exact) mass is 336 g/mol. The van der Waals surface area contributed by atoms with Gasteiger partial charge in [0, 0.05) is 16.7 Å². The molecule has 0 unspecified atom stereocenters. The van der Waals surface area contributed by atoms with Gasteiger partial charge in [-0.15, -0.1) is 0 Å². The fraction of sp³-hybridized carbons (Fsp3) is 0.214. The second-order valence-corrected chi connectivity index (χ2v) is 5.01. The molecule has 5 nitrogen and oxygen atoms in total. The molecule has 0 aliphatic heterocycles. The van der Waals surface area contributed by atoms with E-state index in [9.17, 15) is 9.59 Å². The number of halogens is 1. The number of aryl methyl sites for hydroxylation is 1. The number of methoxy groups -OCH3 is 1. The number of carbonyl (C=O) groups is 1. The lowest BCUT2D eigenvalue weighted by Gasteiger charge is -2.11. The Morgan fingerprint density at radius 1 is 1.40 bits per heavy atom. The summed E-state index contributed by atoms with van der Waals surface area (Å²) in [4.78, 5) is 23.1. The summed E-state index contributed by atoms with van der Waals surface area (Å²) in [6, 6.07) is 7.04. The van der Waals surface area contributed by atoms with Crippen LogP contribution in [0.25, 0.3) is 5.69 Å². The molecule has 1 aromatic heterocycles. The van der Waals surface area contributed by atoms with Crippen LogP contribution in [0.1, 0.15) is 23.0 Å². The first kappa shape index (κ1) is 14.5. The average Bonchev–Trinajstić information content (AvgIpc) is 2.47. The van der Waals surface area contributed by atoms with E-state index in [4.69, 9.17) is 0 Å². The fourth-order valence-corrected chi connectivity index (χ4v) is 2.25. The van der Waals surface area contributed by atoms with Gasteiger partial charge >= 0.3 is 5.97 Å². The fourth-order valence-electron chi connectivity index (χ4n) is 1.84. The SMILES string of the molecule is CCc1cc(Br)ccc1-n1ccc(=O)c(C(=O)OC)n1. The number of benzene rings is 1. The van der Waals surface area contributed by atoms with Crippen molar-refractivity contribution in [3.8, 4) is 5.69 Å². The van der Waals surface area contributed by atoms with E-state index in [0.717, 1.165) is 22.1 Å². The Balaban J connectivity index is 2.59. The Hall–Kier alpha value is -1.95. The maximum atomic E-state index is 11.6. The highest BCUT2D eigenvalue weighted by atomic mass is 79.9. The van der Waals surface area contributed by atoms with E-state index in [1.165, 1.54) is 24.1 Å². The third-order valence-corrected chi connectivity index (χ3v) is 3.35. The van der Waals surface area contributed by atoms with Gasteiger partial charge in [-0.2, -0.15) is 5.10 Å². The molecule has 20 heavy (non-hydrogen) atoms. The maximum Gasteiger partial charge on any atom is 0.362 e. The Morgan fingerprint density at radius 2 is 2.15 bits per heavy atom. The number of hydrogen-bond donors (Lipinski definition) is 0. The molecule has 0 fully saturated rings. The molecule has 1 heterocycles. The molecule has 0 saturated carbocycles. The highest BCUT2D eigenvalue weighted by Crippen LogP contribution is 2.19. The van der Waals surface area contributed by atoms with Crippen LogP contribution >= 0.6 is 15.9 Å². The van der Waals surface area contributed by atoms with Crippen molar-refractivity contribution in [1.82, 2.24) is 9.78 Å². The van der Waals surface area contributed by atoms with Crippen LogP contribution in [0.5, 0.6) is 0 Å². The first-order chi connectivity index (χ1) is 9.56. The number of rotatable bonds is 3. The molecule has 1 aromatic carbocycles. The second-order valence-electron chi connectivity index (χ2n) is 4.09. The van der Waals surface area contributed by atoms with Crippen molar-refractivity contribution >= 4 is 21.9 Å². The van der Waals surface area contributed by atoms with Crippen molar-refractivity contribution in [2.45, 2.75) is 13.3 Å². The number of hydrogen-bond acceptors (Lipinski definition) is 4. The molecule has 0 aliphatic carbocycles.